The van der Waals surface area contributed by atoms with Gasteiger partial charge >= 0.3 is 11.9 Å². The molecule has 1 aromatic rings. The number of carboxylic acids is 1. The Bertz CT molecular complexity index is 813. The van der Waals surface area contributed by atoms with Crippen LogP contribution in [-0.2, 0) is 14.4 Å². The summed E-state index contributed by atoms with van der Waals surface area (Å²) in [6.07, 6.45) is 2.34. The predicted molar refractivity (Wildman–Crippen MR) is 102 cm³/mol. The van der Waals surface area contributed by atoms with Crippen LogP contribution in [0, 0.1) is 5.92 Å². The molecule has 0 aromatic heterocycles. The molecule has 132 valence electrons. The first-order chi connectivity index (χ1) is 11.9. The molecule has 1 amide bonds. The van der Waals surface area contributed by atoms with Gasteiger partial charge in [-0.25, -0.2) is 0 Å². The van der Waals surface area contributed by atoms with Crippen LogP contribution in [0.15, 0.2) is 31.0 Å². The van der Waals surface area contributed by atoms with Gasteiger partial charge in [0, 0.05) is 20.9 Å². The van der Waals surface area contributed by atoms with Crippen LogP contribution in [-0.4, -0.2) is 35.0 Å². The van der Waals surface area contributed by atoms with Crippen molar-refractivity contribution in [3.63, 3.8) is 0 Å². The number of thioether (sulfide) groups is 2. The Hall–Kier alpha value is -0.970. The first-order valence-corrected chi connectivity index (χ1v) is 10.7. The zero-order chi connectivity index (χ0) is 18.3. The third kappa shape index (κ3) is 3.24. The van der Waals surface area contributed by atoms with Crippen molar-refractivity contribution >= 4 is 73.7 Å². The SMILES string of the molecule is CSC1=C(NC=O)SC(C(=O)O)C2C(=O)Oc3c(Br)cc(Br)cc3C12. The molecule has 0 fully saturated rings. The molecule has 0 radical (unpaired) electrons. The first-order valence-electron chi connectivity index (χ1n) is 6.97. The van der Waals surface area contributed by atoms with Gasteiger partial charge < -0.3 is 15.2 Å². The van der Waals surface area contributed by atoms with Crippen LogP contribution in [0.5, 0.6) is 5.75 Å². The van der Waals surface area contributed by atoms with E-state index in [1.54, 1.807) is 6.07 Å². The third-order valence-electron chi connectivity index (χ3n) is 3.94. The number of halogens is 2. The van der Waals surface area contributed by atoms with Gasteiger partial charge in [-0.2, -0.15) is 0 Å². The number of hydrogen-bond donors (Lipinski definition) is 2. The molecule has 6 nitrogen and oxygen atoms in total. The van der Waals surface area contributed by atoms with Gasteiger partial charge in [0.15, 0.2) is 0 Å². The molecular formula is C15H11Br2NO5S2. The zero-order valence-corrected chi connectivity index (χ0v) is 17.4. The second-order valence-electron chi connectivity index (χ2n) is 5.27. The molecule has 1 aromatic carbocycles. The number of carbonyl (C=O) groups is 3. The van der Waals surface area contributed by atoms with Crippen molar-refractivity contribution in [2.75, 3.05) is 6.26 Å². The zero-order valence-electron chi connectivity index (χ0n) is 12.6. The highest BCUT2D eigenvalue weighted by Crippen LogP contribution is 2.56. The van der Waals surface area contributed by atoms with Gasteiger partial charge in [0.2, 0.25) is 6.41 Å². The first kappa shape index (κ1) is 18.8. The number of allylic oxidation sites excluding steroid dienone is 1. The van der Waals surface area contributed by atoms with Gasteiger partial charge in [-0.15, -0.1) is 11.8 Å². The normalized spacial score (nSPS) is 24.9. The molecular weight excluding hydrogens is 498 g/mol. The lowest BCUT2D eigenvalue weighted by atomic mass is 9.80. The maximum absolute atomic E-state index is 12.6. The van der Waals surface area contributed by atoms with E-state index in [0.717, 1.165) is 21.1 Å². The molecule has 2 heterocycles. The lowest BCUT2D eigenvalue weighted by Gasteiger charge is -2.40. The molecule has 0 bridgehead atoms. The van der Waals surface area contributed by atoms with Crippen LogP contribution in [0.2, 0.25) is 0 Å². The fourth-order valence-corrected chi connectivity index (χ4v) is 6.64. The highest BCUT2D eigenvalue weighted by molar-refractivity contribution is 9.11. The molecule has 10 heteroatoms. The number of aliphatic carboxylic acids is 1. The molecule has 0 spiro atoms. The standard InChI is InChI=1S/C15H11Br2NO5S2/c1-24-11-8-6-2-5(16)3-7(17)10(6)23-15(22)9(8)12(14(20)21)25-13(11)18-4-19/h2-4,8-9,12H,1H3,(H,18,19)(H,20,21). The largest absolute Gasteiger partial charge is 0.480 e. The van der Waals surface area contributed by atoms with Gasteiger partial charge in [0.25, 0.3) is 0 Å². The third-order valence-corrected chi connectivity index (χ3v) is 7.33. The Balaban J connectivity index is 2.28. The van der Waals surface area contributed by atoms with Gasteiger partial charge in [0.05, 0.1) is 15.4 Å². The van der Waals surface area contributed by atoms with E-state index in [1.165, 1.54) is 11.8 Å². The summed E-state index contributed by atoms with van der Waals surface area (Å²) in [5.74, 6) is -2.72. The Kier molecular flexibility index (Phi) is 5.52. The maximum atomic E-state index is 12.6. The van der Waals surface area contributed by atoms with Crippen LogP contribution >= 0.6 is 55.4 Å². The van der Waals surface area contributed by atoms with E-state index in [0.29, 0.717) is 27.2 Å². The minimum atomic E-state index is -1.13. The summed E-state index contributed by atoms with van der Waals surface area (Å²) in [5.41, 5.74) is 0.701. The van der Waals surface area contributed by atoms with Crippen LogP contribution in [0.1, 0.15) is 11.5 Å². The van der Waals surface area contributed by atoms with E-state index in [2.05, 4.69) is 37.2 Å². The van der Waals surface area contributed by atoms with E-state index in [-0.39, 0.29) is 0 Å². The van der Waals surface area contributed by atoms with Gasteiger partial charge in [0.1, 0.15) is 11.0 Å². The Morgan fingerprint density at radius 1 is 1.44 bits per heavy atom. The highest BCUT2D eigenvalue weighted by Gasteiger charge is 2.51. The molecule has 3 rings (SSSR count). The quantitative estimate of drug-likeness (QED) is 0.366. The number of fused-ring (bicyclic) bond motifs is 3. The molecule has 2 N–H and O–H groups in total. The monoisotopic (exact) mass is 507 g/mol. The molecule has 0 saturated carbocycles. The number of amides is 1. The predicted octanol–water partition coefficient (Wildman–Crippen LogP) is 3.31. The van der Waals surface area contributed by atoms with E-state index in [1.807, 2.05) is 12.3 Å². The summed E-state index contributed by atoms with van der Waals surface area (Å²) < 4.78 is 6.82. The summed E-state index contributed by atoms with van der Waals surface area (Å²) in [7, 11) is 0. The number of carbonyl (C=O) groups excluding carboxylic acids is 2. The average Bonchev–Trinajstić information content (AvgIpc) is 2.55. The number of benzene rings is 1. The van der Waals surface area contributed by atoms with E-state index in [4.69, 9.17) is 4.74 Å². The number of ether oxygens (including phenoxy) is 1. The second-order valence-corrected chi connectivity index (χ2v) is 9.04. The molecule has 25 heavy (non-hydrogen) atoms. The van der Waals surface area contributed by atoms with Crippen LogP contribution in [0.3, 0.4) is 0 Å². The lowest BCUT2D eigenvalue weighted by molar-refractivity contribution is -0.147. The van der Waals surface area contributed by atoms with Crippen molar-refractivity contribution in [3.8, 4) is 5.75 Å². The number of esters is 1. The average molecular weight is 509 g/mol. The van der Waals surface area contributed by atoms with Crippen molar-refractivity contribution in [1.29, 1.82) is 0 Å². The minimum absolute atomic E-state index is 0.377. The number of rotatable bonds is 4. The number of hydrogen-bond acceptors (Lipinski definition) is 6. The summed E-state index contributed by atoms with van der Waals surface area (Å²) >= 11 is 9.14. The molecule has 0 aliphatic carbocycles. The Labute approximate surface area is 168 Å². The van der Waals surface area contributed by atoms with Crippen LogP contribution < -0.4 is 10.1 Å². The summed E-state index contributed by atoms with van der Waals surface area (Å²) in [6, 6.07) is 3.57. The lowest BCUT2D eigenvalue weighted by Crippen LogP contribution is -2.45. The fraction of sp³-hybridized carbons (Fsp3) is 0.267. The molecule has 2 aliphatic rings. The van der Waals surface area contributed by atoms with Crippen molar-refractivity contribution < 1.29 is 24.2 Å². The van der Waals surface area contributed by atoms with Crippen molar-refractivity contribution in [1.82, 2.24) is 5.32 Å². The smallest absolute Gasteiger partial charge is 0.317 e. The highest BCUT2D eigenvalue weighted by atomic mass is 79.9. The number of nitrogens with one attached hydrogen (secondary N) is 1. The summed E-state index contributed by atoms with van der Waals surface area (Å²) in [4.78, 5) is 36.1. The van der Waals surface area contributed by atoms with Crippen LogP contribution in [0.4, 0.5) is 0 Å². The molecule has 3 atom stereocenters. The van der Waals surface area contributed by atoms with Gasteiger partial charge in [-0.05, 0) is 34.3 Å². The molecule has 3 unspecified atom stereocenters. The Morgan fingerprint density at radius 2 is 2.16 bits per heavy atom. The maximum Gasteiger partial charge on any atom is 0.317 e. The van der Waals surface area contributed by atoms with Gasteiger partial charge in [-0.1, -0.05) is 27.7 Å². The Morgan fingerprint density at radius 3 is 2.76 bits per heavy atom. The second kappa shape index (κ2) is 7.34. The van der Waals surface area contributed by atoms with E-state index in [9.17, 15) is 19.5 Å². The fourth-order valence-electron chi connectivity index (χ4n) is 3.00. The van der Waals surface area contributed by atoms with E-state index >= 15 is 0 Å². The van der Waals surface area contributed by atoms with Crippen molar-refractivity contribution in [2.24, 2.45) is 5.92 Å². The summed E-state index contributed by atoms with van der Waals surface area (Å²) in [5, 5.41) is 11.6. The molecule has 0 saturated heterocycles. The topological polar surface area (TPSA) is 92.7 Å². The van der Waals surface area contributed by atoms with E-state index < -0.39 is 29.0 Å². The minimum Gasteiger partial charge on any atom is -0.480 e. The van der Waals surface area contributed by atoms with Gasteiger partial charge in [-0.3, -0.25) is 14.4 Å². The summed E-state index contributed by atoms with van der Waals surface area (Å²) in [6.45, 7) is 0. The van der Waals surface area contributed by atoms with Crippen molar-refractivity contribution in [3.05, 3.63) is 36.6 Å². The number of carboxylic acid groups (broad SMARTS) is 1. The molecule has 2 aliphatic heterocycles. The van der Waals surface area contributed by atoms with Crippen molar-refractivity contribution in [2.45, 2.75) is 11.2 Å². The van der Waals surface area contributed by atoms with Crippen LogP contribution in [0.25, 0.3) is 0 Å².